The van der Waals surface area contributed by atoms with Crippen LogP contribution in [0.15, 0.2) is 66.9 Å². The third-order valence-corrected chi connectivity index (χ3v) is 11.1. The molecule has 0 bridgehead atoms. The van der Waals surface area contributed by atoms with Gasteiger partial charge in [0.25, 0.3) is 0 Å². The molecule has 1 aliphatic heterocycles. The Morgan fingerprint density at radius 2 is 1.63 bits per heavy atom. The Hall–Kier alpha value is -2.75. The summed E-state index contributed by atoms with van der Waals surface area (Å²) in [6.07, 6.45) is 1.20. The summed E-state index contributed by atoms with van der Waals surface area (Å²) in [5.74, 6) is 0. The summed E-state index contributed by atoms with van der Waals surface area (Å²) in [7, 11) is -1.80. The van der Waals surface area contributed by atoms with E-state index in [1.54, 1.807) is 11.3 Å². The Bertz CT molecular complexity index is 1700. The van der Waals surface area contributed by atoms with Gasteiger partial charge in [-0.3, -0.25) is 4.98 Å². The Kier molecular flexibility index (Phi) is 2.62. The first kappa shape index (κ1) is 12.8. The summed E-state index contributed by atoms with van der Waals surface area (Å²) in [5, 5.41) is 5.18. The fourth-order valence-electron chi connectivity index (χ4n) is 4.80. The van der Waals surface area contributed by atoms with Crippen molar-refractivity contribution in [2.75, 3.05) is 0 Å². The minimum absolute atomic E-state index is 0.172. The zero-order chi connectivity index (χ0) is 25.6. The first-order valence-electron chi connectivity index (χ1n) is 13.0. The lowest BCUT2D eigenvalue weighted by Crippen LogP contribution is -2.49. The molecule has 0 saturated heterocycles. The highest BCUT2D eigenvalue weighted by Crippen LogP contribution is 2.42. The largest absolute Gasteiger partial charge is 0.256 e. The van der Waals surface area contributed by atoms with Gasteiger partial charge in [0.05, 0.1) is 5.69 Å². The van der Waals surface area contributed by atoms with E-state index in [0.717, 1.165) is 15.6 Å². The highest BCUT2D eigenvalue weighted by molar-refractivity contribution is 7.26. The molecule has 0 spiro atoms. The molecule has 3 aromatic carbocycles. The van der Waals surface area contributed by atoms with E-state index < -0.39 is 21.8 Å². The normalized spacial score (nSPS) is 18.1. The number of hydrogen-bond acceptors (Lipinski definition) is 2. The number of nitrogens with zero attached hydrogens (tertiary/aromatic N) is 1. The minimum Gasteiger partial charge on any atom is -0.256 e. The first-order valence-corrected chi connectivity index (χ1v) is 13.8. The van der Waals surface area contributed by atoms with Crippen LogP contribution in [-0.2, 0) is 0 Å². The maximum atomic E-state index is 7.94. The average molecular weight is 428 g/mol. The van der Waals surface area contributed by atoms with E-state index in [1.807, 2.05) is 12.1 Å². The van der Waals surface area contributed by atoms with Crippen molar-refractivity contribution < 1.29 is 8.22 Å². The monoisotopic (exact) mass is 427 g/mol. The number of thiophene rings is 1. The predicted octanol–water partition coefficient (Wildman–Crippen LogP) is 6.54. The van der Waals surface area contributed by atoms with Gasteiger partial charge in [0.2, 0.25) is 0 Å². The van der Waals surface area contributed by atoms with Gasteiger partial charge >= 0.3 is 0 Å². The summed E-state index contributed by atoms with van der Waals surface area (Å²) < 4.78 is 49.3. The molecule has 1 aliphatic rings. The summed E-state index contributed by atoms with van der Waals surface area (Å²) in [6.45, 7) is -0.309. The molecule has 0 N–H and O–H groups in total. The van der Waals surface area contributed by atoms with Crippen LogP contribution in [0.4, 0.5) is 0 Å². The predicted molar refractivity (Wildman–Crippen MR) is 134 cm³/mol. The second kappa shape index (κ2) is 6.13. The highest BCUT2D eigenvalue weighted by Gasteiger charge is 2.37. The van der Waals surface area contributed by atoms with Gasteiger partial charge in [0.1, 0.15) is 8.07 Å². The Labute approximate surface area is 190 Å². The van der Waals surface area contributed by atoms with Gasteiger partial charge in [0.15, 0.2) is 0 Å². The number of fused-ring (bicyclic) bond motifs is 6. The Morgan fingerprint density at radius 1 is 0.800 bits per heavy atom. The maximum Gasteiger partial charge on any atom is 0.113 e. The second-order valence-corrected chi connectivity index (χ2v) is 13.8. The van der Waals surface area contributed by atoms with Crippen molar-refractivity contribution in [1.82, 2.24) is 4.98 Å². The molecule has 0 atom stereocenters. The number of pyridine rings is 1. The summed E-state index contributed by atoms with van der Waals surface area (Å²) in [6, 6.07) is 20.8. The zero-order valence-corrected chi connectivity index (χ0v) is 18.5. The van der Waals surface area contributed by atoms with Gasteiger partial charge in [-0.25, -0.2) is 0 Å². The van der Waals surface area contributed by atoms with Gasteiger partial charge < -0.3 is 0 Å². The Balaban J connectivity index is 1.60. The molecule has 2 aromatic heterocycles. The van der Waals surface area contributed by atoms with Crippen molar-refractivity contribution in [1.29, 1.82) is 0 Å². The molecule has 5 aromatic rings. The van der Waals surface area contributed by atoms with Crippen molar-refractivity contribution in [3.63, 3.8) is 0 Å². The van der Waals surface area contributed by atoms with Crippen LogP contribution in [0.1, 0.15) is 19.4 Å². The molecule has 146 valence electrons. The molecule has 3 heteroatoms. The van der Waals surface area contributed by atoms with Crippen LogP contribution in [0.2, 0.25) is 13.1 Å². The molecular weight excluding hydrogens is 398 g/mol. The molecule has 1 nitrogen and oxygen atoms in total. The third kappa shape index (κ3) is 2.36. The number of benzene rings is 3. The quantitative estimate of drug-likeness (QED) is 0.277. The highest BCUT2D eigenvalue weighted by atomic mass is 32.1. The molecule has 30 heavy (non-hydrogen) atoms. The van der Waals surface area contributed by atoms with E-state index in [2.05, 4.69) is 60.5 Å². The van der Waals surface area contributed by atoms with Crippen LogP contribution >= 0.6 is 11.3 Å². The lowest BCUT2D eigenvalue weighted by Gasteiger charge is -2.18. The molecule has 0 fully saturated rings. The van der Waals surface area contributed by atoms with Gasteiger partial charge in [-0.15, -0.1) is 11.3 Å². The van der Waals surface area contributed by atoms with Crippen LogP contribution in [-0.4, -0.2) is 13.1 Å². The SMILES string of the molecule is [2H]C([2H])([2H])c1cnc(-c2cccc3c2sc2cc4c(cc23)-c2ccccc2[Si]4(C)C)cc1C([2H])([2H])[2H]. The summed E-state index contributed by atoms with van der Waals surface area (Å²) >= 11 is 1.68. The summed E-state index contributed by atoms with van der Waals surface area (Å²) in [5.41, 5.74) is 3.52. The van der Waals surface area contributed by atoms with Crippen molar-refractivity contribution in [2.45, 2.75) is 26.8 Å². The van der Waals surface area contributed by atoms with Crippen LogP contribution in [0.3, 0.4) is 0 Å². The fraction of sp³-hybridized carbons (Fsp3) is 0.148. The molecule has 0 saturated carbocycles. The van der Waals surface area contributed by atoms with Crippen LogP contribution in [0.25, 0.3) is 42.6 Å². The van der Waals surface area contributed by atoms with E-state index in [0.29, 0.717) is 5.69 Å². The fourth-order valence-corrected chi connectivity index (χ4v) is 9.23. The van der Waals surface area contributed by atoms with E-state index in [9.17, 15) is 0 Å². The maximum absolute atomic E-state index is 7.94. The standard InChI is InChI=1S/C27H23NSSi/c1-16-12-23(28-15-17(16)2)20-10-7-9-19-21-13-22-18-8-5-6-11-25(18)30(3,4)26(22)14-24(21)29-27(19)20/h5-15H,1-4H3/i1D3,2D3. The number of hydrogen-bond donors (Lipinski definition) is 0. The lowest BCUT2D eigenvalue weighted by molar-refractivity contribution is 1.22. The van der Waals surface area contributed by atoms with Gasteiger partial charge in [0, 0.05) is 40.2 Å². The molecule has 0 radical (unpaired) electrons. The molecular formula is C27H23NSSi. The third-order valence-electron chi connectivity index (χ3n) is 6.38. The molecule has 0 unspecified atom stereocenters. The summed E-state index contributed by atoms with van der Waals surface area (Å²) in [4.78, 5) is 4.43. The van der Waals surface area contributed by atoms with Gasteiger partial charge in [-0.1, -0.05) is 55.6 Å². The van der Waals surface area contributed by atoms with Crippen molar-refractivity contribution in [3.05, 3.63) is 78.0 Å². The van der Waals surface area contributed by atoms with E-state index in [-0.39, 0.29) is 11.1 Å². The number of rotatable bonds is 1. The molecule has 3 heterocycles. The average Bonchev–Trinajstić information content (AvgIpc) is 3.29. The first-order chi connectivity index (χ1) is 16.9. The molecule has 0 amide bonds. The van der Waals surface area contributed by atoms with E-state index in [4.69, 9.17) is 8.22 Å². The molecule has 6 rings (SSSR count). The van der Waals surface area contributed by atoms with Crippen LogP contribution in [0, 0.1) is 13.7 Å². The van der Waals surface area contributed by atoms with Crippen molar-refractivity contribution in [3.8, 4) is 22.4 Å². The zero-order valence-electron chi connectivity index (χ0n) is 22.7. The number of aromatic nitrogens is 1. The molecule has 0 aliphatic carbocycles. The van der Waals surface area contributed by atoms with E-state index >= 15 is 0 Å². The minimum atomic E-state index is -2.56. The van der Waals surface area contributed by atoms with Gasteiger partial charge in [-0.2, -0.15) is 0 Å². The van der Waals surface area contributed by atoms with Gasteiger partial charge in [-0.05, 0) is 64.5 Å². The van der Waals surface area contributed by atoms with E-state index in [1.165, 1.54) is 43.8 Å². The van der Waals surface area contributed by atoms with Crippen molar-refractivity contribution in [2.24, 2.45) is 0 Å². The topological polar surface area (TPSA) is 12.9 Å². The van der Waals surface area contributed by atoms with Crippen molar-refractivity contribution >= 4 is 50.0 Å². The lowest BCUT2D eigenvalue weighted by atomic mass is 10.0. The van der Waals surface area contributed by atoms with Crippen LogP contribution in [0.5, 0.6) is 0 Å². The van der Waals surface area contributed by atoms with Crippen LogP contribution < -0.4 is 10.4 Å². The second-order valence-electron chi connectivity index (χ2n) is 8.46. The smallest absolute Gasteiger partial charge is 0.113 e. The number of aryl methyl sites for hydroxylation is 2. The Morgan fingerprint density at radius 3 is 2.50 bits per heavy atom.